The lowest BCUT2D eigenvalue weighted by Gasteiger charge is -2.05. The van der Waals surface area contributed by atoms with E-state index in [1.165, 1.54) is 0 Å². The molecule has 2 atom stereocenters. The molecule has 0 saturated heterocycles. The van der Waals surface area contributed by atoms with Crippen LogP contribution in [-0.2, 0) is 16.0 Å². The highest BCUT2D eigenvalue weighted by atomic mass is 16.5. The number of aromatic nitrogens is 3. The first kappa shape index (κ1) is 14.6. The van der Waals surface area contributed by atoms with Crippen LogP contribution in [-0.4, -0.2) is 34.9 Å². The third-order valence-corrected chi connectivity index (χ3v) is 3.81. The second-order valence-electron chi connectivity index (χ2n) is 5.33. The summed E-state index contributed by atoms with van der Waals surface area (Å²) in [6.45, 7) is 2.22. The number of esters is 1. The number of aromatic amines is 1. The summed E-state index contributed by atoms with van der Waals surface area (Å²) < 4.78 is 10.4. The van der Waals surface area contributed by atoms with Crippen molar-refractivity contribution in [3.8, 4) is 5.75 Å². The smallest absolute Gasteiger partial charge is 0.309 e. The molecule has 1 aliphatic carbocycles. The summed E-state index contributed by atoms with van der Waals surface area (Å²) in [5.41, 5.74) is 1.05. The number of H-pyrrole nitrogens is 1. The van der Waals surface area contributed by atoms with Crippen LogP contribution in [0.3, 0.4) is 0 Å². The van der Waals surface area contributed by atoms with E-state index in [4.69, 9.17) is 9.47 Å². The number of nitrogens with zero attached hydrogens (tertiary/aromatic N) is 2. The van der Waals surface area contributed by atoms with Crippen LogP contribution in [0.15, 0.2) is 24.3 Å². The number of methoxy groups -OCH3 is 1. The van der Waals surface area contributed by atoms with E-state index in [1.54, 1.807) is 7.11 Å². The lowest BCUT2D eigenvalue weighted by atomic mass is 10.1. The third kappa shape index (κ3) is 2.95. The summed E-state index contributed by atoms with van der Waals surface area (Å²) >= 11 is 0. The van der Waals surface area contributed by atoms with Gasteiger partial charge in [-0.2, -0.15) is 5.10 Å². The SMILES string of the molecule is CCOC(=O)[C@@H]1C[C@H]1c1n[nH]c(Cc2ccccc2OC)n1. The normalized spacial score (nSPS) is 19.7. The second kappa shape index (κ2) is 6.17. The Hall–Kier alpha value is -2.37. The predicted molar refractivity (Wildman–Crippen MR) is 79.7 cm³/mol. The maximum absolute atomic E-state index is 11.7. The van der Waals surface area contributed by atoms with Gasteiger partial charge >= 0.3 is 5.97 Å². The molecule has 1 aromatic carbocycles. The van der Waals surface area contributed by atoms with Crippen LogP contribution < -0.4 is 4.74 Å². The van der Waals surface area contributed by atoms with Gasteiger partial charge in [-0.05, 0) is 19.4 Å². The molecule has 0 radical (unpaired) electrons. The fourth-order valence-corrected chi connectivity index (χ4v) is 2.57. The van der Waals surface area contributed by atoms with E-state index in [1.807, 2.05) is 31.2 Å². The van der Waals surface area contributed by atoms with Crippen LogP contribution in [0.5, 0.6) is 5.75 Å². The van der Waals surface area contributed by atoms with Crippen LogP contribution in [0.25, 0.3) is 0 Å². The Morgan fingerprint density at radius 2 is 2.23 bits per heavy atom. The van der Waals surface area contributed by atoms with E-state index in [9.17, 15) is 4.79 Å². The molecular weight excluding hydrogens is 282 g/mol. The summed E-state index contributed by atoms with van der Waals surface area (Å²) in [5.74, 6) is 2.15. The van der Waals surface area contributed by atoms with E-state index >= 15 is 0 Å². The number of hydrogen-bond donors (Lipinski definition) is 1. The quantitative estimate of drug-likeness (QED) is 0.826. The topological polar surface area (TPSA) is 77.1 Å². The number of hydrogen-bond acceptors (Lipinski definition) is 5. The fraction of sp³-hybridized carbons (Fsp3) is 0.438. The molecule has 1 aliphatic rings. The molecule has 1 fully saturated rings. The van der Waals surface area contributed by atoms with Crippen LogP contribution in [0.2, 0.25) is 0 Å². The van der Waals surface area contributed by atoms with Crippen molar-refractivity contribution < 1.29 is 14.3 Å². The van der Waals surface area contributed by atoms with E-state index in [-0.39, 0.29) is 17.8 Å². The Morgan fingerprint density at radius 1 is 1.41 bits per heavy atom. The molecule has 22 heavy (non-hydrogen) atoms. The maximum Gasteiger partial charge on any atom is 0.309 e. The average molecular weight is 301 g/mol. The highest BCUT2D eigenvalue weighted by molar-refractivity contribution is 5.77. The third-order valence-electron chi connectivity index (χ3n) is 3.81. The zero-order chi connectivity index (χ0) is 15.5. The van der Waals surface area contributed by atoms with Crippen molar-refractivity contribution in [1.82, 2.24) is 15.2 Å². The number of rotatable bonds is 6. The van der Waals surface area contributed by atoms with Gasteiger partial charge in [0.05, 0.1) is 19.6 Å². The van der Waals surface area contributed by atoms with Gasteiger partial charge in [0.2, 0.25) is 0 Å². The largest absolute Gasteiger partial charge is 0.496 e. The van der Waals surface area contributed by atoms with E-state index < -0.39 is 0 Å². The molecule has 1 aromatic heterocycles. The molecular formula is C16H19N3O3. The molecule has 116 valence electrons. The van der Waals surface area contributed by atoms with Gasteiger partial charge in [-0.3, -0.25) is 9.89 Å². The molecule has 0 bridgehead atoms. The van der Waals surface area contributed by atoms with Crippen molar-refractivity contribution in [3.05, 3.63) is 41.5 Å². The first-order valence-corrected chi connectivity index (χ1v) is 7.42. The molecule has 6 heteroatoms. The van der Waals surface area contributed by atoms with Gasteiger partial charge in [0, 0.05) is 17.9 Å². The average Bonchev–Trinajstić information content (AvgIpc) is 3.21. The Labute approximate surface area is 128 Å². The summed E-state index contributed by atoms with van der Waals surface area (Å²) in [7, 11) is 1.65. The van der Waals surface area contributed by atoms with Crippen LogP contribution in [0, 0.1) is 5.92 Å². The number of ether oxygens (including phenoxy) is 2. The summed E-state index contributed by atoms with van der Waals surface area (Å²) in [5, 5.41) is 7.19. The lowest BCUT2D eigenvalue weighted by Crippen LogP contribution is -2.07. The van der Waals surface area contributed by atoms with Crippen LogP contribution >= 0.6 is 0 Å². The zero-order valence-corrected chi connectivity index (χ0v) is 12.7. The molecule has 0 unspecified atom stereocenters. The lowest BCUT2D eigenvalue weighted by molar-refractivity contribution is -0.144. The Balaban J connectivity index is 1.66. The van der Waals surface area contributed by atoms with Gasteiger partial charge in [-0.15, -0.1) is 0 Å². The van der Waals surface area contributed by atoms with Crippen molar-refractivity contribution in [2.45, 2.75) is 25.7 Å². The summed E-state index contributed by atoms with van der Waals surface area (Å²) in [4.78, 5) is 16.2. The highest BCUT2D eigenvalue weighted by Gasteiger charge is 2.47. The molecule has 1 heterocycles. The van der Waals surface area contributed by atoms with Gasteiger partial charge in [-0.25, -0.2) is 4.98 Å². The van der Waals surface area contributed by atoms with Crippen LogP contribution in [0.1, 0.15) is 36.5 Å². The van der Waals surface area contributed by atoms with Crippen molar-refractivity contribution in [1.29, 1.82) is 0 Å². The molecule has 0 spiro atoms. The minimum Gasteiger partial charge on any atom is -0.496 e. The minimum absolute atomic E-state index is 0.0849. The standard InChI is InChI=1S/C16H19N3O3/c1-3-22-16(20)12-9-11(12)15-17-14(18-19-15)8-10-6-4-5-7-13(10)21-2/h4-7,11-12H,3,8-9H2,1-2H3,(H,17,18,19)/t11-,12-/m1/s1. The van der Waals surface area contributed by atoms with Crippen LogP contribution in [0.4, 0.5) is 0 Å². The molecule has 1 N–H and O–H groups in total. The van der Waals surface area contributed by atoms with Crippen molar-refractivity contribution >= 4 is 5.97 Å². The molecule has 6 nitrogen and oxygen atoms in total. The summed E-state index contributed by atoms with van der Waals surface area (Å²) in [6, 6.07) is 7.82. The van der Waals surface area contributed by atoms with Crippen molar-refractivity contribution in [2.75, 3.05) is 13.7 Å². The molecule has 3 rings (SSSR count). The van der Waals surface area contributed by atoms with Gasteiger partial charge in [0.1, 0.15) is 11.6 Å². The molecule has 2 aromatic rings. The van der Waals surface area contributed by atoms with Gasteiger partial charge < -0.3 is 9.47 Å². The molecule has 0 amide bonds. The van der Waals surface area contributed by atoms with E-state index in [2.05, 4.69) is 15.2 Å². The predicted octanol–water partition coefficient (Wildman–Crippen LogP) is 2.07. The number of nitrogens with one attached hydrogen (secondary N) is 1. The summed E-state index contributed by atoms with van der Waals surface area (Å²) in [6.07, 6.45) is 1.39. The van der Waals surface area contributed by atoms with E-state index in [0.29, 0.717) is 18.9 Å². The first-order valence-electron chi connectivity index (χ1n) is 7.42. The fourth-order valence-electron chi connectivity index (χ4n) is 2.57. The Morgan fingerprint density at radius 3 is 3.00 bits per heavy atom. The number of carbonyl (C=O) groups excluding carboxylic acids is 1. The van der Waals surface area contributed by atoms with Gasteiger partial charge in [0.25, 0.3) is 0 Å². The zero-order valence-electron chi connectivity index (χ0n) is 12.7. The van der Waals surface area contributed by atoms with Crippen molar-refractivity contribution in [3.63, 3.8) is 0 Å². The number of carbonyl (C=O) groups is 1. The second-order valence-corrected chi connectivity index (χ2v) is 5.33. The number of para-hydroxylation sites is 1. The monoisotopic (exact) mass is 301 g/mol. The van der Waals surface area contributed by atoms with Crippen molar-refractivity contribution in [2.24, 2.45) is 5.92 Å². The van der Waals surface area contributed by atoms with Gasteiger partial charge in [0.15, 0.2) is 5.82 Å². The Bertz CT molecular complexity index is 668. The Kier molecular flexibility index (Phi) is 4.09. The maximum atomic E-state index is 11.7. The molecule has 0 aliphatic heterocycles. The minimum atomic E-state index is -0.149. The highest BCUT2D eigenvalue weighted by Crippen LogP contribution is 2.46. The number of benzene rings is 1. The van der Waals surface area contributed by atoms with E-state index in [0.717, 1.165) is 23.6 Å². The van der Waals surface area contributed by atoms with Gasteiger partial charge in [-0.1, -0.05) is 18.2 Å². The molecule has 1 saturated carbocycles. The first-order chi connectivity index (χ1) is 10.7.